The van der Waals surface area contributed by atoms with Crippen molar-refractivity contribution in [2.24, 2.45) is 5.10 Å². The molecular weight excluding hydrogens is 435 g/mol. The lowest BCUT2D eigenvalue weighted by Crippen LogP contribution is -2.20. The second-order valence-corrected chi connectivity index (χ2v) is 8.05. The normalized spacial score (nSPS) is 11.3. The van der Waals surface area contributed by atoms with Crippen molar-refractivity contribution >= 4 is 46.5 Å². The number of carbonyl (C=O) groups is 1. The maximum atomic E-state index is 13.2. The number of fused-ring (bicyclic) bond motifs is 1. The minimum absolute atomic E-state index is 0.131. The Kier molecular flexibility index (Phi) is 6.64. The number of benzene rings is 3. The van der Waals surface area contributed by atoms with E-state index in [1.54, 1.807) is 12.1 Å². The van der Waals surface area contributed by atoms with E-state index >= 15 is 0 Å². The van der Waals surface area contributed by atoms with Gasteiger partial charge in [0.1, 0.15) is 5.82 Å². The number of para-hydroxylation sites is 2. The second kappa shape index (κ2) is 9.76. The minimum atomic E-state index is -0.358. The van der Waals surface area contributed by atoms with Crippen molar-refractivity contribution in [2.75, 3.05) is 5.75 Å². The summed E-state index contributed by atoms with van der Waals surface area (Å²) in [5.41, 5.74) is 5.81. The molecule has 0 saturated carbocycles. The Hall–Kier alpha value is -3.16. The fourth-order valence-electron chi connectivity index (χ4n) is 3.04. The van der Waals surface area contributed by atoms with E-state index in [1.165, 1.54) is 30.1 Å². The Morgan fingerprint density at radius 2 is 1.94 bits per heavy atom. The molecule has 0 bridgehead atoms. The number of imidazole rings is 1. The maximum Gasteiger partial charge on any atom is 0.250 e. The molecule has 1 aromatic heterocycles. The SMILES string of the molecule is O=C(CSc1nc2ccccc2n1Cc1ccccc1Cl)N/N=C/c1cccc(F)c1. The van der Waals surface area contributed by atoms with Gasteiger partial charge >= 0.3 is 0 Å². The van der Waals surface area contributed by atoms with Crippen molar-refractivity contribution in [3.8, 4) is 0 Å². The summed E-state index contributed by atoms with van der Waals surface area (Å²) in [6.45, 7) is 0.544. The van der Waals surface area contributed by atoms with Crippen LogP contribution in [-0.2, 0) is 11.3 Å². The van der Waals surface area contributed by atoms with Crippen molar-refractivity contribution in [1.29, 1.82) is 0 Å². The molecule has 31 heavy (non-hydrogen) atoms. The van der Waals surface area contributed by atoms with Gasteiger partial charge < -0.3 is 4.57 Å². The van der Waals surface area contributed by atoms with Gasteiger partial charge in [-0.3, -0.25) is 4.79 Å². The van der Waals surface area contributed by atoms with E-state index in [0.29, 0.717) is 22.3 Å². The molecule has 0 radical (unpaired) electrons. The molecule has 1 amide bonds. The number of hydrogen-bond acceptors (Lipinski definition) is 4. The molecule has 156 valence electrons. The molecule has 0 unspecified atom stereocenters. The number of aromatic nitrogens is 2. The lowest BCUT2D eigenvalue weighted by molar-refractivity contribution is -0.118. The number of hydrogen-bond donors (Lipinski definition) is 1. The largest absolute Gasteiger partial charge is 0.314 e. The van der Waals surface area contributed by atoms with Crippen LogP contribution < -0.4 is 5.43 Å². The number of carbonyl (C=O) groups excluding carboxylic acids is 1. The molecule has 0 spiro atoms. The summed E-state index contributed by atoms with van der Waals surface area (Å²) >= 11 is 7.66. The first-order valence-electron chi connectivity index (χ1n) is 9.49. The Morgan fingerprint density at radius 3 is 2.77 bits per heavy atom. The third-order valence-corrected chi connectivity index (χ3v) is 5.83. The molecule has 5 nitrogen and oxygen atoms in total. The number of nitrogens with zero attached hydrogens (tertiary/aromatic N) is 3. The summed E-state index contributed by atoms with van der Waals surface area (Å²) < 4.78 is 15.2. The van der Waals surface area contributed by atoms with E-state index in [9.17, 15) is 9.18 Å². The van der Waals surface area contributed by atoms with Crippen LogP contribution in [0.25, 0.3) is 11.0 Å². The van der Waals surface area contributed by atoms with Crippen LogP contribution in [0.2, 0.25) is 5.02 Å². The van der Waals surface area contributed by atoms with Gasteiger partial charge in [-0.1, -0.05) is 65.8 Å². The predicted molar refractivity (Wildman–Crippen MR) is 123 cm³/mol. The number of hydrazone groups is 1. The Balaban J connectivity index is 1.46. The van der Waals surface area contributed by atoms with Crippen LogP contribution in [0.3, 0.4) is 0 Å². The van der Waals surface area contributed by atoms with Gasteiger partial charge in [0.15, 0.2) is 5.16 Å². The van der Waals surface area contributed by atoms with Crippen molar-refractivity contribution in [2.45, 2.75) is 11.7 Å². The van der Waals surface area contributed by atoms with Gasteiger partial charge in [0.25, 0.3) is 5.91 Å². The average Bonchev–Trinajstić information content (AvgIpc) is 3.11. The Bertz CT molecular complexity index is 1260. The van der Waals surface area contributed by atoms with Gasteiger partial charge in [-0.2, -0.15) is 5.10 Å². The third-order valence-electron chi connectivity index (χ3n) is 4.49. The zero-order valence-corrected chi connectivity index (χ0v) is 17.9. The van der Waals surface area contributed by atoms with E-state index in [-0.39, 0.29) is 17.5 Å². The Morgan fingerprint density at radius 1 is 1.13 bits per heavy atom. The highest BCUT2D eigenvalue weighted by molar-refractivity contribution is 7.99. The molecule has 4 rings (SSSR count). The van der Waals surface area contributed by atoms with Gasteiger partial charge in [-0.05, 0) is 41.5 Å². The summed E-state index contributed by atoms with van der Waals surface area (Å²) in [7, 11) is 0. The molecule has 0 saturated heterocycles. The molecule has 1 N–H and O–H groups in total. The molecular formula is C23H18ClFN4OS. The highest BCUT2D eigenvalue weighted by Gasteiger charge is 2.14. The highest BCUT2D eigenvalue weighted by Crippen LogP contribution is 2.27. The van der Waals surface area contributed by atoms with Crippen LogP contribution >= 0.6 is 23.4 Å². The van der Waals surface area contributed by atoms with Gasteiger partial charge in [0.05, 0.1) is 29.5 Å². The first-order valence-corrected chi connectivity index (χ1v) is 10.9. The van der Waals surface area contributed by atoms with E-state index in [0.717, 1.165) is 16.6 Å². The van der Waals surface area contributed by atoms with E-state index in [4.69, 9.17) is 11.6 Å². The fraction of sp³-hybridized carbons (Fsp3) is 0.0870. The first-order chi connectivity index (χ1) is 15.1. The maximum absolute atomic E-state index is 13.2. The smallest absolute Gasteiger partial charge is 0.250 e. The minimum Gasteiger partial charge on any atom is -0.314 e. The summed E-state index contributed by atoms with van der Waals surface area (Å²) in [5, 5.41) is 5.28. The number of rotatable bonds is 7. The Labute approximate surface area is 187 Å². The molecule has 0 fully saturated rings. The summed E-state index contributed by atoms with van der Waals surface area (Å²) in [6, 6.07) is 21.4. The highest BCUT2D eigenvalue weighted by atomic mass is 35.5. The molecule has 3 aromatic carbocycles. The van der Waals surface area contributed by atoms with Crippen molar-refractivity contribution in [1.82, 2.24) is 15.0 Å². The number of nitrogens with one attached hydrogen (secondary N) is 1. The molecule has 0 atom stereocenters. The number of halogens is 2. The van der Waals surface area contributed by atoms with Crippen molar-refractivity contribution < 1.29 is 9.18 Å². The van der Waals surface area contributed by atoms with Crippen LogP contribution in [0.15, 0.2) is 83.1 Å². The van der Waals surface area contributed by atoms with Crippen LogP contribution in [0, 0.1) is 5.82 Å². The zero-order valence-electron chi connectivity index (χ0n) is 16.3. The lowest BCUT2D eigenvalue weighted by atomic mass is 10.2. The molecule has 0 aliphatic carbocycles. The topological polar surface area (TPSA) is 59.3 Å². The lowest BCUT2D eigenvalue weighted by Gasteiger charge is -2.10. The molecule has 8 heteroatoms. The van der Waals surface area contributed by atoms with Crippen LogP contribution in [0.4, 0.5) is 4.39 Å². The zero-order chi connectivity index (χ0) is 21.6. The summed E-state index contributed by atoms with van der Waals surface area (Å²) in [4.78, 5) is 16.9. The van der Waals surface area contributed by atoms with E-state index in [1.807, 2.05) is 53.1 Å². The molecule has 1 heterocycles. The predicted octanol–water partition coefficient (Wildman–Crippen LogP) is 5.12. The van der Waals surface area contributed by atoms with Crippen LogP contribution in [0.1, 0.15) is 11.1 Å². The third kappa shape index (κ3) is 5.31. The quantitative estimate of drug-likeness (QED) is 0.240. The van der Waals surface area contributed by atoms with Crippen LogP contribution in [0.5, 0.6) is 0 Å². The van der Waals surface area contributed by atoms with E-state index < -0.39 is 0 Å². The molecule has 0 aliphatic heterocycles. The standard InChI is InChI=1S/C23H18ClFN4OS/c24-19-9-2-1-7-17(19)14-29-21-11-4-3-10-20(21)27-23(29)31-15-22(30)28-26-13-16-6-5-8-18(25)12-16/h1-13H,14-15H2,(H,28,30)/b26-13+. The fourth-order valence-corrected chi connectivity index (χ4v) is 4.04. The second-order valence-electron chi connectivity index (χ2n) is 6.70. The molecule has 0 aliphatic rings. The monoisotopic (exact) mass is 452 g/mol. The average molecular weight is 453 g/mol. The van der Waals surface area contributed by atoms with Gasteiger partial charge in [0.2, 0.25) is 0 Å². The number of thioether (sulfide) groups is 1. The number of amides is 1. The van der Waals surface area contributed by atoms with E-state index in [2.05, 4.69) is 15.5 Å². The van der Waals surface area contributed by atoms with Gasteiger partial charge in [0, 0.05) is 5.02 Å². The first kappa shape index (κ1) is 21.1. The van der Waals surface area contributed by atoms with Gasteiger partial charge in [-0.15, -0.1) is 0 Å². The van der Waals surface area contributed by atoms with Gasteiger partial charge in [-0.25, -0.2) is 14.8 Å². The van der Waals surface area contributed by atoms with Crippen LogP contribution in [-0.4, -0.2) is 27.4 Å². The van der Waals surface area contributed by atoms with Crippen molar-refractivity contribution in [3.05, 3.63) is 94.8 Å². The molecule has 4 aromatic rings. The van der Waals surface area contributed by atoms with Crippen molar-refractivity contribution in [3.63, 3.8) is 0 Å². The summed E-state index contributed by atoms with van der Waals surface area (Å²) in [6.07, 6.45) is 1.40. The summed E-state index contributed by atoms with van der Waals surface area (Å²) in [5.74, 6) is -0.510.